The Balaban J connectivity index is 1.71. The maximum absolute atomic E-state index is 2.66. The van der Waals surface area contributed by atoms with Crippen LogP contribution in [0.5, 0.6) is 0 Å². The van der Waals surface area contributed by atoms with E-state index < -0.39 is 16.1 Å². The second-order valence-electron chi connectivity index (χ2n) is 10.2. The van der Waals surface area contributed by atoms with Crippen molar-refractivity contribution in [3.05, 3.63) is 97.1 Å². The molecule has 0 saturated carbocycles. The molecular formula is C28H28BNSi2. The largest absolute Gasteiger partial charge is 0.377 e. The van der Waals surface area contributed by atoms with E-state index in [9.17, 15) is 0 Å². The molecule has 4 aromatic rings. The van der Waals surface area contributed by atoms with Crippen LogP contribution in [0, 0.1) is 0 Å². The van der Waals surface area contributed by atoms with Gasteiger partial charge in [-0.05, 0) is 22.5 Å². The van der Waals surface area contributed by atoms with Crippen molar-refractivity contribution in [2.45, 2.75) is 26.2 Å². The van der Waals surface area contributed by atoms with E-state index in [1.807, 2.05) is 0 Å². The van der Waals surface area contributed by atoms with Gasteiger partial charge in [0, 0.05) is 11.4 Å². The predicted molar refractivity (Wildman–Crippen MR) is 146 cm³/mol. The fourth-order valence-corrected chi connectivity index (χ4v) is 12.4. The normalized spacial score (nSPS) is 17.1. The van der Waals surface area contributed by atoms with Gasteiger partial charge >= 0.3 is 6.85 Å². The average Bonchev–Trinajstić information content (AvgIpc) is 2.81. The third-order valence-corrected chi connectivity index (χ3v) is 14.9. The molecule has 0 atom stereocenters. The minimum atomic E-state index is -1.78. The van der Waals surface area contributed by atoms with Gasteiger partial charge in [-0.1, -0.05) is 132 Å². The predicted octanol–water partition coefficient (Wildman–Crippen LogP) is 2.90. The van der Waals surface area contributed by atoms with E-state index >= 15 is 0 Å². The van der Waals surface area contributed by atoms with Crippen molar-refractivity contribution < 1.29 is 0 Å². The standard InChI is InChI=1S/C28H28BNSi2/c1-31(2)25-17-9-5-13-21(25)29(22-14-6-10-18-26(22)31)30-23-15-7-11-19-27(23)32(3,4)28-20-12-8-16-24(28)30/h5-20H,1-4H3. The van der Waals surface area contributed by atoms with Crippen molar-refractivity contribution >= 4 is 66.0 Å². The number of benzene rings is 4. The second kappa shape index (κ2) is 6.84. The number of anilines is 2. The molecule has 32 heavy (non-hydrogen) atoms. The van der Waals surface area contributed by atoms with Crippen molar-refractivity contribution in [3.63, 3.8) is 0 Å². The van der Waals surface area contributed by atoms with Crippen molar-refractivity contribution in [2.75, 3.05) is 4.81 Å². The molecule has 0 saturated heterocycles. The minimum absolute atomic E-state index is 0.190. The van der Waals surface area contributed by atoms with Gasteiger partial charge in [0.2, 0.25) is 0 Å². The molecule has 0 fully saturated rings. The lowest BCUT2D eigenvalue weighted by Crippen LogP contribution is -2.78. The average molecular weight is 446 g/mol. The van der Waals surface area contributed by atoms with Crippen LogP contribution in [0.15, 0.2) is 97.1 Å². The Morgan fingerprint density at radius 3 is 1.28 bits per heavy atom. The highest BCUT2D eigenvalue weighted by atomic mass is 28.3. The first-order valence-electron chi connectivity index (χ1n) is 11.6. The van der Waals surface area contributed by atoms with Crippen LogP contribution in [-0.4, -0.2) is 23.0 Å². The molecule has 0 aliphatic carbocycles. The zero-order valence-corrected chi connectivity index (χ0v) is 21.3. The molecule has 2 aliphatic rings. The fourth-order valence-electron chi connectivity index (χ4n) is 6.18. The molecule has 1 nitrogen and oxygen atoms in total. The SMILES string of the molecule is C[Si]1(C)c2ccccc2B(N2c3ccccc3[Si](C)(C)c3ccccc32)c2ccccc21. The summed E-state index contributed by atoms with van der Waals surface area (Å²) in [6, 6.07) is 36.8. The summed E-state index contributed by atoms with van der Waals surface area (Å²) in [6.07, 6.45) is 0. The highest BCUT2D eigenvalue weighted by Gasteiger charge is 2.47. The summed E-state index contributed by atoms with van der Waals surface area (Å²) in [4.78, 5) is 2.66. The summed E-state index contributed by atoms with van der Waals surface area (Å²) in [5, 5.41) is 6.22. The van der Waals surface area contributed by atoms with E-state index in [1.54, 1.807) is 10.4 Å². The third-order valence-electron chi connectivity index (χ3n) is 7.79. The number of para-hydroxylation sites is 2. The van der Waals surface area contributed by atoms with Crippen LogP contribution in [-0.2, 0) is 0 Å². The first-order chi connectivity index (χ1) is 15.4. The topological polar surface area (TPSA) is 3.24 Å². The summed E-state index contributed by atoms with van der Waals surface area (Å²) >= 11 is 0. The number of hydrogen-bond acceptors (Lipinski definition) is 1. The number of fused-ring (bicyclic) bond motifs is 4. The molecule has 0 unspecified atom stereocenters. The number of hydrogen-bond donors (Lipinski definition) is 0. The summed E-state index contributed by atoms with van der Waals surface area (Å²) in [7, 11) is -3.55. The molecule has 0 bridgehead atoms. The van der Waals surface area contributed by atoms with Gasteiger partial charge in [0.1, 0.15) is 16.1 Å². The summed E-state index contributed by atoms with van der Waals surface area (Å²) < 4.78 is 0. The van der Waals surface area contributed by atoms with Crippen molar-refractivity contribution in [2.24, 2.45) is 0 Å². The van der Waals surface area contributed by atoms with Crippen LogP contribution >= 0.6 is 0 Å². The Labute approximate surface area is 193 Å². The van der Waals surface area contributed by atoms with Gasteiger partial charge in [-0.15, -0.1) is 0 Å². The van der Waals surface area contributed by atoms with Gasteiger partial charge in [-0.25, -0.2) is 0 Å². The molecule has 0 N–H and O–H groups in total. The van der Waals surface area contributed by atoms with E-state index in [-0.39, 0.29) is 6.85 Å². The quantitative estimate of drug-likeness (QED) is 0.408. The van der Waals surface area contributed by atoms with E-state index in [0.29, 0.717) is 0 Å². The van der Waals surface area contributed by atoms with Crippen LogP contribution < -0.4 is 36.5 Å². The second-order valence-corrected chi connectivity index (χ2v) is 18.9. The maximum Gasteiger partial charge on any atom is 0.327 e. The third kappa shape index (κ3) is 2.57. The maximum atomic E-state index is 2.66. The van der Waals surface area contributed by atoms with Gasteiger partial charge in [0.15, 0.2) is 0 Å². The van der Waals surface area contributed by atoms with E-state index in [4.69, 9.17) is 0 Å². The Morgan fingerprint density at radius 2 is 0.812 bits per heavy atom. The van der Waals surface area contributed by atoms with Gasteiger partial charge in [-0.3, -0.25) is 0 Å². The zero-order chi connectivity index (χ0) is 22.1. The summed E-state index contributed by atoms with van der Waals surface area (Å²) in [6.45, 7) is 10.2. The fraction of sp³-hybridized carbons (Fsp3) is 0.143. The van der Waals surface area contributed by atoms with Crippen LogP contribution in [0.1, 0.15) is 0 Å². The van der Waals surface area contributed by atoms with Crippen LogP contribution in [0.3, 0.4) is 0 Å². The molecular weight excluding hydrogens is 417 g/mol. The molecule has 4 aromatic carbocycles. The Morgan fingerprint density at radius 1 is 0.469 bits per heavy atom. The lowest BCUT2D eigenvalue weighted by molar-refractivity contribution is 1.38. The highest BCUT2D eigenvalue weighted by Crippen LogP contribution is 2.32. The number of nitrogens with zero attached hydrogens (tertiary/aromatic N) is 1. The Kier molecular flexibility index (Phi) is 4.24. The van der Waals surface area contributed by atoms with Crippen LogP contribution in [0.2, 0.25) is 26.2 Å². The Bertz CT molecular complexity index is 1160. The summed E-state index contributed by atoms with van der Waals surface area (Å²) in [5.74, 6) is 0. The van der Waals surface area contributed by atoms with Crippen molar-refractivity contribution in [3.8, 4) is 0 Å². The number of rotatable bonds is 1. The van der Waals surface area contributed by atoms with Gasteiger partial charge in [-0.2, -0.15) is 0 Å². The van der Waals surface area contributed by atoms with Gasteiger partial charge < -0.3 is 4.81 Å². The first kappa shape index (κ1) is 19.8. The smallest absolute Gasteiger partial charge is 0.327 e. The van der Waals surface area contributed by atoms with Crippen LogP contribution in [0.25, 0.3) is 0 Å². The minimum Gasteiger partial charge on any atom is -0.377 e. The van der Waals surface area contributed by atoms with Crippen molar-refractivity contribution in [1.29, 1.82) is 0 Å². The lowest BCUT2D eigenvalue weighted by atomic mass is 9.48. The monoisotopic (exact) mass is 445 g/mol. The van der Waals surface area contributed by atoms with Gasteiger partial charge in [0.25, 0.3) is 0 Å². The molecule has 2 heterocycles. The highest BCUT2D eigenvalue weighted by molar-refractivity contribution is 7.12. The molecule has 0 aromatic heterocycles. The molecule has 0 amide bonds. The van der Waals surface area contributed by atoms with E-state index in [2.05, 4.69) is 128 Å². The molecule has 0 radical (unpaired) electrons. The Hall–Kier alpha value is -2.82. The first-order valence-corrected chi connectivity index (χ1v) is 17.6. The molecule has 6 rings (SSSR count). The molecule has 0 spiro atoms. The lowest BCUT2D eigenvalue weighted by Gasteiger charge is -2.47. The summed E-state index contributed by atoms with van der Waals surface area (Å²) in [5.41, 5.74) is 5.74. The van der Waals surface area contributed by atoms with Crippen molar-refractivity contribution in [1.82, 2.24) is 0 Å². The van der Waals surface area contributed by atoms with E-state index in [1.165, 1.54) is 32.7 Å². The van der Waals surface area contributed by atoms with E-state index in [0.717, 1.165) is 0 Å². The molecule has 4 heteroatoms. The van der Waals surface area contributed by atoms with Gasteiger partial charge in [0.05, 0.1) is 0 Å². The zero-order valence-electron chi connectivity index (χ0n) is 19.3. The molecule has 2 aliphatic heterocycles. The van der Waals surface area contributed by atoms with Crippen LogP contribution in [0.4, 0.5) is 11.4 Å². The molecule has 156 valence electrons.